The van der Waals surface area contributed by atoms with Crippen molar-refractivity contribution in [1.82, 2.24) is 4.98 Å². The van der Waals surface area contributed by atoms with E-state index in [0.717, 1.165) is 23.4 Å². The van der Waals surface area contributed by atoms with Crippen LogP contribution in [-0.2, 0) is 6.42 Å². The van der Waals surface area contributed by atoms with E-state index in [1.807, 2.05) is 25.1 Å². The SMILES string of the molecule is COc1ccc2c(C)cc(CC(C)N)nc2c1. The van der Waals surface area contributed by atoms with Crippen molar-refractivity contribution < 1.29 is 4.74 Å². The van der Waals surface area contributed by atoms with Gasteiger partial charge >= 0.3 is 0 Å². The number of pyridine rings is 1. The Morgan fingerprint density at radius 2 is 2.12 bits per heavy atom. The maximum atomic E-state index is 5.81. The molecule has 0 fully saturated rings. The highest BCUT2D eigenvalue weighted by Gasteiger charge is 2.05. The number of benzene rings is 1. The Morgan fingerprint density at radius 3 is 2.76 bits per heavy atom. The minimum absolute atomic E-state index is 0.130. The lowest BCUT2D eigenvalue weighted by Gasteiger charge is -2.09. The molecule has 1 heterocycles. The van der Waals surface area contributed by atoms with Crippen LogP contribution in [0.5, 0.6) is 5.75 Å². The fraction of sp³-hybridized carbons (Fsp3) is 0.357. The van der Waals surface area contributed by atoms with Gasteiger partial charge in [-0.25, -0.2) is 0 Å². The molecule has 90 valence electrons. The normalized spacial score (nSPS) is 12.7. The van der Waals surface area contributed by atoms with Gasteiger partial charge in [0.15, 0.2) is 0 Å². The Labute approximate surface area is 102 Å². The van der Waals surface area contributed by atoms with Crippen LogP contribution in [0.25, 0.3) is 10.9 Å². The molecule has 1 unspecified atom stereocenters. The monoisotopic (exact) mass is 230 g/mol. The van der Waals surface area contributed by atoms with E-state index in [4.69, 9.17) is 10.5 Å². The van der Waals surface area contributed by atoms with Gasteiger partial charge in [-0.3, -0.25) is 4.98 Å². The number of nitrogens with zero attached hydrogens (tertiary/aromatic N) is 1. The van der Waals surface area contributed by atoms with Crippen molar-refractivity contribution >= 4 is 10.9 Å². The highest BCUT2D eigenvalue weighted by Crippen LogP contribution is 2.23. The number of nitrogens with two attached hydrogens (primary N) is 1. The summed E-state index contributed by atoms with van der Waals surface area (Å²) in [5.41, 5.74) is 9.05. The Morgan fingerprint density at radius 1 is 1.35 bits per heavy atom. The molecule has 0 bridgehead atoms. The van der Waals surface area contributed by atoms with Gasteiger partial charge in [0.2, 0.25) is 0 Å². The molecule has 2 aromatic rings. The molecule has 0 aliphatic heterocycles. The van der Waals surface area contributed by atoms with Crippen molar-refractivity contribution in [3.8, 4) is 5.75 Å². The van der Waals surface area contributed by atoms with Gasteiger partial charge in [-0.15, -0.1) is 0 Å². The molecule has 2 N–H and O–H groups in total. The van der Waals surface area contributed by atoms with Crippen LogP contribution in [0.3, 0.4) is 0 Å². The van der Waals surface area contributed by atoms with Crippen LogP contribution in [0, 0.1) is 6.92 Å². The summed E-state index contributed by atoms with van der Waals surface area (Å²) in [6, 6.07) is 8.21. The maximum Gasteiger partial charge on any atom is 0.121 e. The minimum Gasteiger partial charge on any atom is -0.497 e. The van der Waals surface area contributed by atoms with Crippen molar-refractivity contribution in [1.29, 1.82) is 0 Å². The van der Waals surface area contributed by atoms with Crippen molar-refractivity contribution in [3.63, 3.8) is 0 Å². The molecular weight excluding hydrogens is 212 g/mol. The lowest BCUT2D eigenvalue weighted by Crippen LogP contribution is -2.18. The minimum atomic E-state index is 0.130. The lowest BCUT2D eigenvalue weighted by atomic mass is 10.1. The van der Waals surface area contributed by atoms with Crippen molar-refractivity contribution in [3.05, 3.63) is 35.5 Å². The van der Waals surface area contributed by atoms with Crippen LogP contribution in [0.1, 0.15) is 18.2 Å². The van der Waals surface area contributed by atoms with Gasteiger partial charge < -0.3 is 10.5 Å². The molecule has 1 aromatic heterocycles. The van der Waals surface area contributed by atoms with Gasteiger partial charge in [-0.05, 0) is 37.6 Å². The molecule has 0 spiro atoms. The van der Waals surface area contributed by atoms with E-state index in [2.05, 4.69) is 18.0 Å². The fourth-order valence-corrected chi connectivity index (χ4v) is 2.01. The number of fused-ring (bicyclic) bond motifs is 1. The number of methoxy groups -OCH3 is 1. The fourth-order valence-electron chi connectivity index (χ4n) is 2.01. The zero-order chi connectivity index (χ0) is 12.4. The molecule has 0 saturated carbocycles. The summed E-state index contributed by atoms with van der Waals surface area (Å²) in [6.07, 6.45) is 0.800. The molecular formula is C14H18N2O. The van der Waals surface area contributed by atoms with Gasteiger partial charge in [0.05, 0.1) is 12.6 Å². The zero-order valence-corrected chi connectivity index (χ0v) is 10.5. The summed E-state index contributed by atoms with van der Waals surface area (Å²) in [5, 5.41) is 1.17. The van der Waals surface area contributed by atoms with Gasteiger partial charge in [-0.2, -0.15) is 0 Å². The third kappa shape index (κ3) is 2.56. The summed E-state index contributed by atoms with van der Waals surface area (Å²) in [6.45, 7) is 4.09. The first-order chi connectivity index (χ1) is 8.10. The molecule has 0 saturated heterocycles. The van der Waals surface area contributed by atoms with E-state index >= 15 is 0 Å². The number of hydrogen-bond acceptors (Lipinski definition) is 3. The zero-order valence-electron chi connectivity index (χ0n) is 10.5. The highest BCUT2D eigenvalue weighted by atomic mass is 16.5. The molecule has 17 heavy (non-hydrogen) atoms. The van der Waals surface area contributed by atoms with Crippen LogP contribution < -0.4 is 10.5 Å². The standard InChI is InChI=1S/C14H18N2O/c1-9-6-11(7-10(2)15)16-14-8-12(17-3)4-5-13(9)14/h4-6,8,10H,7,15H2,1-3H3. The maximum absolute atomic E-state index is 5.81. The van der Waals surface area contributed by atoms with E-state index in [-0.39, 0.29) is 6.04 Å². The van der Waals surface area contributed by atoms with Gasteiger partial charge in [0.25, 0.3) is 0 Å². The van der Waals surface area contributed by atoms with Crippen molar-refractivity contribution in [2.75, 3.05) is 7.11 Å². The third-order valence-electron chi connectivity index (χ3n) is 2.81. The first-order valence-corrected chi connectivity index (χ1v) is 5.80. The van der Waals surface area contributed by atoms with E-state index in [9.17, 15) is 0 Å². The molecule has 1 aromatic carbocycles. The number of aryl methyl sites for hydroxylation is 1. The smallest absolute Gasteiger partial charge is 0.121 e. The second kappa shape index (κ2) is 4.72. The van der Waals surface area contributed by atoms with E-state index in [1.165, 1.54) is 10.9 Å². The Balaban J connectivity index is 2.53. The largest absolute Gasteiger partial charge is 0.497 e. The molecule has 1 atom stereocenters. The average molecular weight is 230 g/mol. The van der Waals surface area contributed by atoms with E-state index in [0.29, 0.717) is 0 Å². The highest BCUT2D eigenvalue weighted by molar-refractivity contribution is 5.83. The first kappa shape index (κ1) is 11.9. The summed E-state index contributed by atoms with van der Waals surface area (Å²) < 4.78 is 5.22. The number of hydrogen-bond donors (Lipinski definition) is 1. The summed E-state index contributed by atoms with van der Waals surface area (Å²) in [7, 11) is 1.67. The van der Waals surface area contributed by atoms with Gasteiger partial charge in [0, 0.05) is 29.6 Å². The van der Waals surface area contributed by atoms with Crippen LogP contribution in [0.2, 0.25) is 0 Å². The van der Waals surface area contributed by atoms with Crippen LogP contribution in [-0.4, -0.2) is 18.1 Å². The molecule has 3 heteroatoms. The van der Waals surface area contributed by atoms with Gasteiger partial charge in [0.1, 0.15) is 5.75 Å². The van der Waals surface area contributed by atoms with E-state index in [1.54, 1.807) is 7.11 Å². The first-order valence-electron chi connectivity index (χ1n) is 5.80. The summed E-state index contributed by atoms with van der Waals surface area (Å²) >= 11 is 0. The molecule has 0 aliphatic carbocycles. The molecule has 0 amide bonds. The second-order valence-electron chi connectivity index (χ2n) is 4.49. The number of rotatable bonds is 3. The summed E-state index contributed by atoms with van der Waals surface area (Å²) in [4.78, 5) is 4.62. The molecule has 3 nitrogen and oxygen atoms in total. The Kier molecular flexibility index (Phi) is 3.29. The second-order valence-corrected chi connectivity index (χ2v) is 4.49. The Bertz CT molecular complexity index is 535. The van der Waals surface area contributed by atoms with Crippen molar-refractivity contribution in [2.45, 2.75) is 26.3 Å². The van der Waals surface area contributed by atoms with Crippen LogP contribution in [0.4, 0.5) is 0 Å². The van der Waals surface area contributed by atoms with E-state index < -0.39 is 0 Å². The van der Waals surface area contributed by atoms with Crippen LogP contribution in [0.15, 0.2) is 24.3 Å². The van der Waals surface area contributed by atoms with Gasteiger partial charge in [-0.1, -0.05) is 0 Å². The Hall–Kier alpha value is -1.61. The number of ether oxygens (including phenoxy) is 1. The lowest BCUT2D eigenvalue weighted by molar-refractivity contribution is 0.415. The third-order valence-corrected chi connectivity index (χ3v) is 2.81. The molecule has 2 rings (SSSR count). The summed E-state index contributed by atoms with van der Waals surface area (Å²) in [5.74, 6) is 0.836. The molecule has 0 radical (unpaired) electrons. The van der Waals surface area contributed by atoms with Crippen LogP contribution >= 0.6 is 0 Å². The number of aromatic nitrogens is 1. The predicted octanol–water partition coefficient (Wildman–Crippen LogP) is 2.44. The molecule has 0 aliphatic rings. The average Bonchev–Trinajstić information content (AvgIpc) is 2.27. The van der Waals surface area contributed by atoms with Crippen molar-refractivity contribution in [2.24, 2.45) is 5.73 Å². The topological polar surface area (TPSA) is 48.1 Å². The quantitative estimate of drug-likeness (QED) is 0.881. The predicted molar refractivity (Wildman–Crippen MR) is 70.4 cm³/mol.